The highest BCUT2D eigenvalue weighted by atomic mass is 32.2. The average molecular weight is 342 g/mol. The van der Waals surface area contributed by atoms with Gasteiger partial charge in [-0.15, -0.1) is 0 Å². The number of rotatable bonds is 7. The van der Waals surface area contributed by atoms with Gasteiger partial charge in [-0.2, -0.15) is 0 Å². The molecule has 1 unspecified atom stereocenters. The first-order valence-electron chi connectivity index (χ1n) is 7.95. The van der Waals surface area contributed by atoms with Crippen LogP contribution in [0.5, 0.6) is 11.5 Å². The van der Waals surface area contributed by atoms with Crippen LogP contribution in [0.4, 0.5) is 0 Å². The Morgan fingerprint density at radius 1 is 1.13 bits per heavy atom. The summed E-state index contributed by atoms with van der Waals surface area (Å²) in [5, 5.41) is 0. The van der Waals surface area contributed by atoms with Crippen LogP contribution in [0.1, 0.15) is 32.1 Å². The number of methoxy groups -OCH3 is 2. The second-order valence-electron chi connectivity index (χ2n) is 5.91. The van der Waals surface area contributed by atoms with Crippen LogP contribution < -0.4 is 19.9 Å². The lowest BCUT2D eigenvalue weighted by Gasteiger charge is -2.29. The first-order chi connectivity index (χ1) is 11.0. The quantitative estimate of drug-likeness (QED) is 0.790. The minimum Gasteiger partial charge on any atom is -0.497 e. The summed E-state index contributed by atoms with van der Waals surface area (Å²) >= 11 is 0. The lowest BCUT2D eigenvalue weighted by molar-refractivity contribution is 0.294. The summed E-state index contributed by atoms with van der Waals surface area (Å²) in [5.41, 5.74) is 5.82. The maximum Gasteiger partial charge on any atom is 0.241 e. The van der Waals surface area contributed by atoms with Gasteiger partial charge in [-0.25, -0.2) is 13.1 Å². The van der Waals surface area contributed by atoms with E-state index in [9.17, 15) is 8.42 Å². The Kier molecular flexibility index (Phi) is 6.26. The van der Waals surface area contributed by atoms with Gasteiger partial charge in [0.15, 0.2) is 0 Å². The van der Waals surface area contributed by atoms with Gasteiger partial charge in [-0.1, -0.05) is 19.3 Å². The lowest BCUT2D eigenvalue weighted by Crippen LogP contribution is -2.45. The predicted octanol–water partition coefficient (Wildman–Crippen LogP) is 1.89. The van der Waals surface area contributed by atoms with Crippen molar-refractivity contribution in [3.63, 3.8) is 0 Å². The highest BCUT2D eigenvalue weighted by Crippen LogP contribution is 2.29. The molecule has 0 saturated heterocycles. The summed E-state index contributed by atoms with van der Waals surface area (Å²) in [6, 6.07) is 4.37. The highest BCUT2D eigenvalue weighted by molar-refractivity contribution is 7.89. The van der Waals surface area contributed by atoms with Crippen molar-refractivity contribution >= 4 is 10.0 Å². The van der Waals surface area contributed by atoms with Crippen LogP contribution >= 0.6 is 0 Å². The maximum absolute atomic E-state index is 12.7. The number of sulfonamides is 1. The average Bonchev–Trinajstić information content (AvgIpc) is 2.59. The topological polar surface area (TPSA) is 90.6 Å². The maximum atomic E-state index is 12.7. The number of hydrogen-bond donors (Lipinski definition) is 2. The van der Waals surface area contributed by atoms with Gasteiger partial charge in [-0.3, -0.25) is 0 Å². The molecule has 0 spiro atoms. The second-order valence-corrected chi connectivity index (χ2v) is 7.62. The van der Waals surface area contributed by atoms with E-state index in [1.165, 1.54) is 32.8 Å². The third kappa shape index (κ3) is 4.59. The van der Waals surface area contributed by atoms with E-state index >= 15 is 0 Å². The van der Waals surface area contributed by atoms with Crippen LogP contribution in [-0.2, 0) is 10.0 Å². The van der Waals surface area contributed by atoms with Gasteiger partial charge in [0, 0.05) is 30.8 Å². The van der Waals surface area contributed by atoms with Crippen molar-refractivity contribution in [1.29, 1.82) is 0 Å². The van der Waals surface area contributed by atoms with E-state index in [0.717, 1.165) is 25.7 Å². The highest BCUT2D eigenvalue weighted by Gasteiger charge is 2.28. The Bertz CT molecular complexity index is 590. The van der Waals surface area contributed by atoms with E-state index in [-0.39, 0.29) is 10.9 Å². The van der Waals surface area contributed by atoms with E-state index in [2.05, 4.69) is 4.72 Å². The number of ether oxygens (including phenoxy) is 2. The molecule has 0 bridgehead atoms. The molecular formula is C16H26N2O4S. The van der Waals surface area contributed by atoms with Gasteiger partial charge in [0.2, 0.25) is 10.0 Å². The van der Waals surface area contributed by atoms with Crippen molar-refractivity contribution in [3.05, 3.63) is 18.2 Å². The van der Waals surface area contributed by atoms with E-state index in [0.29, 0.717) is 24.0 Å². The van der Waals surface area contributed by atoms with Crippen molar-refractivity contribution in [1.82, 2.24) is 4.72 Å². The number of nitrogens with one attached hydrogen (secondary N) is 1. The molecule has 1 aromatic rings. The molecule has 0 aliphatic heterocycles. The van der Waals surface area contributed by atoms with Crippen LogP contribution in [0.25, 0.3) is 0 Å². The molecule has 1 aliphatic carbocycles. The van der Waals surface area contributed by atoms with Crippen molar-refractivity contribution < 1.29 is 17.9 Å². The smallest absolute Gasteiger partial charge is 0.241 e. The first kappa shape index (κ1) is 18.0. The Labute approximate surface area is 138 Å². The Morgan fingerprint density at radius 3 is 2.17 bits per heavy atom. The zero-order valence-corrected chi connectivity index (χ0v) is 14.6. The third-order valence-corrected chi connectivity index (χ3v) is 5.88. The molecule has 2 rings (SSSR count). The fourth-order valence-corrected chi connectivity index (χ4v) is 4.44. The molecule has 7 heteroatoms. The molecule has 0 heterocycles. The molecule has 23 heavy (non-hydrogen) atoms. The number of hydrogen-bond acceptors (Lipinski definition) is 5. The summed E-state index contributed by atoms with van der Waals surface area (Å²) in [5.74, 6) is 1.18. The fourth-order valence-electron chi connectivity index (χ4n) is 3.08. The summed E-state index contributed by atoms with van der Waals surface area (Å²) in [6.07, 6.45) is 5.52. The Morgan fingerprint density at radius 2 is 1.70 bits per heavy atom. The minimum absolute atomic E-state index is 0.128. The summed E-state index contributed by atoms with van der Waals surface area (Å²) in [6.45, 7) is 0.297. The molecule has 1 saturated carbocycles. The Hall–Kier alpha value is -1.31. The minimum atomic E-state index is -3.68. The van der Waals surface area contributed by atoms with Gasteiger partial charge in [0.1, 0.15) is 11.5 Å². The van der Waals surface area contributed by atoms with Gasteiger partial charge < -0.3 is 15.2 Å². The van der Waals surface area contributed by atoms with Crippen LogP contribution in [0.2, 0.25) is 0 Å². The molecule has 6 nitrogen and oxygen atoms in total. The molecule has 0 amide bonds. The molecular weight excluding hydrogens is 316 g/mol. The van der Waals surface area contributed by atoms with Crippen molar-refractivity contribution in [2.75, 3.05) is 20.8 Å². The molecule has 0 radical (unpaired) electrons. The molecule has 0 aromatic heterocycles. The predicted molar refractivity (Wildman–Crippen MR) is 89.3 cm³/mol. The van der Waals surface area contributed by atoms with Gasteiger partial charge in [-0.05, 0) is 18.8 Å². The molecule has 1 fully saturated rings. The molecule has 130 valence electrons. The summed E-state index contributed by atoms with van der Waals surface area (Å²) in [4.78, 5) is 0.128. The van der Waals surface area contributed by atoms with Gasteiger partial charge in [0.25, 0.3) is 0 Å². The molecule has 3 N–H and O–H groups in total. The number of nitrogens with two attached hydrogens (primary N) is 1. The molecule has 1 atom stereocenters. The van der Waals surface area contributed by atoms with Crippen LogP contribution in [0, 0.1) is 5.92 Å². The van der Waals surface area contributed by atoms with E-state index in [1.807, 2.05) is 0 Å². The lowest BCUT2D eigenvalue weighted by atomic mass is 9.84. The van der Waals surface area contributed by atoms with Gasteiger partial charge >= 0.3 is 0 Å². The first-order valence-corrected chi connectivity index (χ1v) is 9.44. The second kappa shape index (κ2) is 7.99. The molecule has 1 aliphatic rings. The summed E-state index contributed by atoms with van der Waals surface area (Å²) < 4.78 is 38.5. The normalized spacial score (nSPS) is 17.7. The zero-order chi connectivity index (χ0) is 16.9. The van der Waals surface area contributed by atoms with E-state index in [1.54, 1.807) is 6.07 Å². The molecule has 1 aromatic carbocycles. The van der Waals surface area contributed by atoms with Crippen molar-refractivity contribution in [3.8, 4) is 11.5 Å². The summed E-state index contributed by atoms with van der Waals surface area (Å²) in [7, 11) is -0.697. The monoisotopic (exact) mass is 342 g/mol. The van der Waals surface area contributed by atoms with Crippen molar-refractivity contribution in [2.24, 2.45) is 11.7 Å². The standard InChI is InChI=1S/C16H26N2O4S/c1-21-13-8-14(22-2)10-15(9-13)23(19,20)18-16(11-17)12-6-4-3-5-7-12/h8-10,12,16,18H,3-7,11,17H2,1-2H3. The van der Waals surface area contributed by atoms with Crippen molar-refractivity contribution in [2.45, 2.75) is 43.0 Å². The zero-order valence-electron chi connectivity index (χ0n) is 13.7. The van der Waals surface area contributed by atoms with Gasteiger partial charge in [0.05, 0.1) is 19.1 Å². The largest absolute Gasteiger partial charge is 0.497 e. The fraction of sp³-hybridized carbons (Fsp3) is 0.625. The number of benzene rings is 1. The Balaban J connectivity index is 2.22. The van der Waals surface area contributed by atoms with E-state index < -0.39 is 10.0 Å². The van der Waals surface area contributed by atoms with Crippen LogP contribution in [-0.4, -0.2) is 35.2 Å². The SMILES string of the molecule is COc1cc(OC)cc(S(=O)(=O)NC(CN)C2CCCCC2)c1. The van der Waals surface area contributed by atoms with E-state index in [4.69, 9.17) is 15.2 Å². The van der Waals surface area contributed by atoms with Crippen LogP contribution in [0.15, 0.2) is 23.1 Å². The van der Waals surface area contributed by atoms with Crippen LogP contribution in [0.3, 0.4) is 0 Å². The third-order valence-electron chi connectivity index (χ3n) is 4.41.